The summed E-state index contributed by atoms with van der Waals surface area (Å²) in [4.78, 5) is 12.4. The van der Waals surface area contributed by atoms with Crippen LogP contribution in [-0.4, -0.2) is 17.2 Å². The minimum atomic E-state index is -0.992. The highest BCUT2D eigenvalue weighted by Crippen LogP contribution is 2.68. The molecule has 0 radical (unpaired) electrons. The fourth-order valence-electron chi connectivity index (χ4n) is 12.1. The molecular formula is C45H80O3. The lowest BCUT2D eigenvalue weighted by Gasteiger charge is -2.61. The molecule has 0 bridgehead atoms. The number of rotatable bonds is 22. The van der Waals surface area contributed by atoms with Crippen molar-refractivity contribution in [2.75, 3.05) is 0 Å². The van der Waals surface area contributed by atoms with Crippen LogP contribution in [0.5, 0.6) is 0 Å². The van der Waals surface area contributed by atoms with E-state index >= 15 is 0 Å². The van der Waals surface area contributed by atoms with Gasteiger partial charge in [0.2, 0.25) is 0 Å². The van der Waals surface area contributed by atoms with Gasteiger partial charge >= 0.3 is 5.97 Å². The molecule has 0 aromatic heterocycles. The van der Waals surface area contributed by atoms with Crippen molar-refractivity contribution < 1.29 is 14.6 Å². The third kappa shape index (κ3) is 10.8. The van der Waals surface area contributed by atoms with E-state index in [0.717, 1.165) is 66.8 Å². The van der Waals surface area contributed by atoms with Crippen LogP contribution in [0.3, 0.4) is 0 Å². The van der Waals surface area contributed by atoms with E-state index in [0.29, 0.717) is 17.3 Å². The zero-order chi connectivity index (χ0) is 34.4. The van der Waals surface area contributed by atoms with Gasteiger partial charge in [-0.05, 0) is 129 Å². The molecule has 4 aliphatic rings. The standard InChI is InChI=1S/C45H80O3/c1-6-7-8-9-10-11-12-13-14-15-16-17-18-19-26-42(46)43(47)48-34-35(2)23-22-24-36(3)39-29-30-40-38-28-27-37-25-20-21-32-44(37,4)41(38)31-33-45(39,40)5/h34,36-42,46H,6-33H2,1-5H3/t36-,37?,38+,39-,40+,41+,42?,44+,45-/m1/s1. The van der Waals surface area contributed by atoms with Gasteiger partial charge in [0.1, 0.15) is 0 Å². The smallest absolute Gasteiger partial charge is 0.339 e. The largest absolute Gasteiger partial charge is 0.433 e. The van der Waals surface area contributed by atoms with Crippen molar-refractivity contribution >= 4 is 5.97 Å². The second kappa shape index (κ2) is 20.3. The Morgan fingerprint density at radius 2 is 1.35 bits per heavy atom. The summed E-state index contributed by atoms with van der Waals surface area (Å²) in [5.41, 5.74) is 2.30. The molecule has 0 aromatic carbocycles. The van der Waals surface area contributed by atoms with Crippen LogP contribution < -0.4 is 0 Å². The average Bonchev–Trinajstić information content (AvgIpc) is 3.44. The van der Waals surface area contributed by atoms with E-state index in [2.05, 4.69) is 34.6 Å². The Morgan fingerprint density at radius 1 is 0.729 bits per heavy atom. The van der Waals surface area contributed by atoms with E-state index in [4.69, 9.17) is 4.74 Å². The van der Waals surface area contributed by atoms with Gasteiger partial charge in [-0.2, -0.15) is 0 Å². The topological polar surface area (TPSA) is 46.5 Å². The van der Waals surface area contributed by atoms with E-state index in [9.17, 15) is 9.90 Å². The van der Waals surface area contributed by atoms with Crippen LogP contribution in [0.4, 0.5) is 0 Å². The number of carbonyl (C=O) groups excluding carboxylic acids is 1. The third-order valence-corrected chi connectivity index (χ3v) is 15.1. The van der Waals surface area contributed by atoms with Gasteiger partial charge in [-0.3, -0.25) is 0 Å². The highest BCUT2D eigenvalue weighted by atomic mass is 16.5. The van der Waals surface area contributed by atoms with E-state index < -0.39 is 12.1 Å². The lowest BCUT2D eigenvalue weighted by atomic mass is 9.44. The van der Waals surface area contributed by atoms with Gasteiger partial charge in [0.25, 0.3) is 0 Å². The fourth-order valence-corrected chi connectivity index (χ4v) is 12.1. The fraction of sp³-hybridized carbons (Fsp3) is 0.933. The normalized spacial score (nSPS) is 33.0. The minimum Gasteiger partial charge on any atom is -0.433 e. The molecule has 278 valence electrons. The maximum atomic E-state index is 12.4. The molecule has 4 rings (SSSR count). The molecule has 0 saturated heterocycles. The van der Waals surface area contributed by atoms with Crippen molar-refractivity contribution in [3.63, 3.8) is 0 Å². The van der Waals surface area contributed by atoms with Crippen LogP contribution >= 0.6 is 0 Å². The van der Waals surface area contributed by atoms with Gasteiger partial charge in [0.05, 0.1) is 6.26 Å². The minimum absolute atomic E-state index is 0.478. The summed E-state index contributed by atoms with van der Waals surface area (Å²) >= 11 is 0. The van der Waals surface area contributed by atoms with Gasteiger partial charge in [-0.15, -0.1) is 0 Å². The number of allylic oxidation sites excluding steroid dienone is 1. The molecule has 0 amide bonds. The number of aliphatic hydroxyl groups is 1. The Kier molecular flexibility index (Phi) is 16.9. The first kappa shape index (κ1) is 39.9. The molecule has 9 atom stereocenters. The number of aliphatic hydroxyl groups excluding tert-OH is 1. The predicted octanol–water partition coefficient (Wildman–Crippen LogP) is 13.5. The van der Waals surface area contributed by atoms with Crippen LogP contribution in [0.15, 0.2) is 11.8 Å². The maximum Gasteiger partial charge on any atom is 0.339 e. The van der Waals surface area contributed by atoms with Gasteiger partial charge in [0.15, 0.2) is 6.10 Å². The van der Waals surface area contributed by atoms with Crippen LogP contribution in [0.2, 0.25) is 0 Å². The van der Waals surface area contributed by atoms with Crippen molar-refractivity contribution in [1.82, 2.24) is 0 Å². The Bertz CT molecular complexity index is 956. The number of hydrogen-bond acceptors (Lipinski definition) is 3. The van der Waals surface area contributed by atoms with E-state index in [1.165, 1.54) is 148 Å². The third-order valence-electron chi connectivity index (χ3n) is 15.1. The molecule has 0 aromatic rings. The van der Waals surface area contributed by atoms with Crippen LogP contribution in [0, 0.1) is 46.3 Å². The van der Waals surface area contributed by atoms with Crippen molar-refractivity contribution in [1.29, 1.82) is 0 Å². The first-order valence-electron chi connectivity index (χ1n) is 21.7. The van der Waals surface area contributed by atoms with Gasteiger partial charge in [0, 0.05) is 0 Å². The van der Waals surface area contributed by atoms with Crippen LogP contribution in [0.25, 0.3) is 0 Å². The number of hydrogen-bond donors (Lipinski definition) is 1. The monoisotopic (exact) mass is 669 g/mol. The summed E-state index contributed by atoms with van der Waals surface area (Å²) in [6, 6.07) is 0. The van der Waals surface area contributed by atoms with Crippen molar-refractivity contribution in [3.8, 4) is 0 Å². The molecule has 2 unspecified atom stereocenters. The summed E-state index contributed by atoms with van der Waals surface area (Å²) in [6.45, 7) is 12.3. The number of carbonyl (C=O) groups is 1. The molecule has 4 fully saturated rings. The molecule has 4 aliphatic carbocycles. The van der Waals surface area contributed by atoms with Crippen LogP contribution in [0.1, 0.15) is 214 Å². The number of esters is 1. The molecular weight excluding hydrogens is 588 g/mol. The Balaban J connectivity index is 1.05. The zero-order valence-corrected chi connectivity index (χ0v) is 32.7. The first-order valence-corrected chi connectivity index (χ1v) is 21.7. The first-order chi connectivity index (χ1) is 23.2. The summed E-state index contributed by atoms with van der Waals surface area (Å²) in [5.74, 6) is 5.12. The molecule has 3 nitrogen and oxygen atoms in total. The predicted molar refractivity (Wildman–Crippen MR) is 204 cm³/mol. The van der Waals surface area contributed by atoms with Gasteiger partial charge in [-0.1, -0.05) is 137 Å². The number of fused-ring (bicyclic) bond motifs is 5. The highest BCUT2D eigenvalue weighted by molar-refractivity contribution is 5.74. The van der Waals surface area contributed by atoms with E-state index in [1.807, 2.05) is 0 Å². The Labute approximate surface area is 298 Å². The molecule has 1 N–H and O–H groups in total. The second-order valence-corrected chi connectivity index (χ2v) is 18.3. The molecule has 3 heteroatoms. The Morgan fingerprint density at radius 3 is 2.02 bits per heavy atom. The summed E-state index contributed by atoms with van der Waals surface area (Å²) in [6.07, 6.45) is 37.7. The van der Waals surface area contributed by atoms with Crippen molar-refractivity contribution in [3.05, 3.63) is 11.8 Å². The second-order valence-electron chi connectivity index (χ2n) is 18.3. The summed E-state index contributed by atoms with van der Waals surface area (Å²) in [5, 5.41) is 10.4. The quantitative estimate of drug-likeness (QED) is 0.0709. The summed E-state index contributed by atoms with van der Waals surface area (Å²) < 4.78 is 5.42. The zero-order valence-electron chi connectivity index (χ0n) is 32.7. The summed E-state index contributed by atoms with van der Waals surface area (Å²) in [7, 11) is 0. The van der Waals surface area contributed by atoms with E-state index in [-0.39, 0.29) is 0 Å². The molecule has 0 aliphatic heterocycles. The molecule has 48 heavy (non-hydrogen) atoms. The number of unbranched alkanes of at least 4 members (excludes halogenated alkanes) is 13. The van der Waals surface area contributed by atoms with Gasteiger partial charge in [-0.25, -0.2) is 4.79 Å². The Hall–Kier alpha value is -0.830. The SMILES string of the molecule is CCCCCCCCCCCCCCCCC(O)C(=O)OC=C(C)CCC[C@@H](C)[C@H]1CC[C@H]2[C@@H]3CCC4CCCC[C@]4(C)[C@H]3CC[C@]12C. The average molecular weight is 669 g/mol. The van der Waals surface area contributed by atoms with Crippen molar-refractivity contribution in [2.24, 2.45) is 46.3 Å². The molecule has 0 spiro atoms. The number of ether oxygens (including phenoxy) is 1. The van der Waals surface area contributed by atoms with Gasteiger partial charge < -0.3 is 9.84 Å². The van der Waals surface area contributed by atoms with E-state index in [1.54, 1.807) is 6.26 Å². The maximum absolute atomic E-state index is 12.4. The lowest BCUT2D eigenvalue weighted by molar-refractivity contribution is -0.148. The molecule has 0 heterocycles. The van der Waals surface area contributed by atoms with Crippen molar-refractivity contribution in [2.45, 2.75) is 221 Å². The lowest BCUT2D eigenvalue weighted by Crippen LogP contribution is -2.53. The van der Waals surface area contributed by atoms with Crippen LogP contribution in [-0.2, 0) is 9.53 Å². The molecule has 4 saturated carbocycles. The highest BCUT2D eigenvalue weighted by Gasteiger charge is 2.60.